The molecule has 1 saturated heterocycles. The topological polar surface area (TPSA) is 75.7 Å². The molecule has 1 fully saturated rings. The number of hydrogen-bond donors (Lipinski definition) is 1. The van der Waals surface area contributed by atoms with Crippen LogP contribution in [0.15, 0.2) is 41.3 Å². The summed E-state index contributed by atoms with van der Waals surface area (Å²) in [5.74, 6) is 0.781. The van der Waals surface area contributed by atoms with Gasteiger partial charge in [-0.15, -0.1) is 0 Å². The van der Waals surface area contributed by atoms with Gasteiger partial charge in [0, 0.05) is 13.1 Å². The molecule has 0 spiro atoms. The van der Waals surface area contributed by atoms with Gasteiger partial charge in [0.05, 0.1) is 23.3 Å². The number of anilines is 1. The molecular formula is C24H32N2O4S. The number of aryl methyl sites for hydroxylation is 2. The van der Waals surface area contributed by atoms with Crippen LogP contribution in [0.3, 0.4) is 0 Å². The van der Waals surface area contributed by atoms with Crippen LogP contribution in [0.2, 0.25) is 0 Å². The fourth-order valence-electron chi connectivity index (χ4n) is 3.97. The number of nitrogens with one attached hydrogen (secondary N) is 1. The number of sulfonamides is 1. The number of nitrogens with zero attached hydrogens (tertiary/aromatic N) is 1. The zero-order valence-corrected chi connectivity index (χ0v) is 19.6. The van der Waals surface area contributed by atoms with Crippen molar-refractivity contribution < 1.29 is 17.9 Å². The molecule has 0 unspecified atom stereocenters. The van der Waals surface area contributed by atoms with Gasteiger partial charge in [0.25, 0.3) is 15.9 Å². The molecule has 2 aromatic rings. The molecule has 3 rings (SSSR count). The fourth-order valence-corrected chi connectivity index (χ4v) is 5.14. The van der Waals surface area contributed by atoms with E-state index in [2.05, 4.69) is 11.6 Å². The van der Waals surface area contributed by atoms with Crippen LogP contribution in [0.5, 0.6) is 5.75 Å². The van der Waals surface area contributed by atoms with Crippen molar-refractivity contribution in [3.8, 4) is 5.75 Å². The quantitative estimate of drug-likeness (QED) is 0.683. The normalized spacial score (nSPS) is 15.0. The van der Waals surface area contributed by atoms with Crippen molar-refractivity contribution in [2.24, 2.45) is 5.92 Å². The Kier molecular flexibility index (Phi) is 7.26. The van der Waals surface area contributed by atoms with E-state index in [9.17, 15) is 13.2 Å². The molecule has 1 heterocycles. The molecular weight excluding hydrogens is 412 g/mol. The molecule has 0 aliphatic carbocycles. The molecule has 0 radical (unpaired) electrons. The van der Waals surface area contributed by atoms with Gasteiger partial charge >= 0.3 is 0 Å². The molecule has 1 N–H and O–H groups in total. The van der Waals surface area contributed by atoms with Crippen LogP contribution in [-0.4, -0.2) is 39.4 Å². The standard InChI is InChI=1S/C24H32N2O4S/c1-5-18-8-7-9-19(6-2)23(18)25-31(28,29)20-10-11-22(30-4)21(16-20)24(27)26-14-12-17(3)13-15-26/h7-11,16-17,25H,5-6,12-15H2,1-4H3. The highest BCUT2D eigenvalue weighted by Gasteiger charge is 2.26. The minimum Gasteiger partial charge on any atom is -0.496 e. The third-order valence-corrected chi connectivity index (χ3v) is 7.37. The number of likely N-dealkylation sites (tertiary alicyclic amines) is 1. The minimum atomic E-state index is -3.88. The van der Waals surface area contributed by atoms with Crippen molar-refractivity contribution in [2.45, 2.75) is 51.3 Å². The lowest BCUT2D eigenvalue weighted by Crippen LogP contribution is -2.38. The summed E-state index contributed by atoms with van der Waals surface area (Å²) in [6, 6.07) is 10.3. The zero-order chi connectivity index (χ0) is 22.6. The Morgan fingerprint density at radius 1 is 1.10 bits per heavy atom. The van der Waals surface area contributed by atoms with Crippen LogP contribution in [0, 0.1) is 5.92 Å². The predicted molar refractivity (Wildman–Crippen MR) is 123 cm³/mol. The van der Waals surface area contributed by atoms with Gasteiger partial charge in [0.15, 0.2) is 0 Å². The maximum Gasteiger partial charge on any atom is 0.261 e. The van der Waals surface area contributed by atoms with E-state index in [1.807, 2.05) is 32.0 Å². The maximum absolute atomic E-state index is 13.3. The zero-order valence-electron chi connectivity index (χ0n) is 18.8. The van der Waals surface area contributed by atoms with Gasteiger partial charge < -0.3 is 9.64 Å². The van der Waals surface area contributed by atoms with E-state index in [0.717, 1.165) is 24.0 Å². The highest BCUT2D eigenvalue weighted by Crippen LogP contribution is 2.29. The Bertz CT molecular complexity index is 1020. The monoisotopic (exact) mass is 444 g/mol. The van der Waals surface area contributed by atoms with Gasteiger partial charge in [0.1, 0.15) is 5.75 Å². The van der Waals surface area contributed by atoms with Crippen LogP contribution < -0.4 is 9.46 Å². The molecule has 0 bridgehead atoms. The van der Waals surface area contributed by atoms with Gasteiger partial charge in [0.2, 0.25) is 0 Å². The highest BCUT2D eigenvalue weighted by atomic mass is 32.2. The summed E-state index contributed by atoms with van der Waals surface area (Å²) in [5, 5.41) is 0. The Labute approximate surface area is 185 Å². The number of para-hydroxylation sites is 1. The first-order chi connectivity index (χ1) is 14.8. The summed E-state index contributed by atoms with van der Waals surface area (Å²) < 4.78 is 34.7. The molecule has 1 aliphatic heterocycles. The molecule has 168 valence electrons. The van der Waals surface area contributed by atoms with Gasteiger partial charge in [-0.2, -0.15) is 0 Å². The van der Waals surface area contributed by atoms with Crippen molar-refractivity contribution in [2.75, 3.05) is 24.9 Å². The molecule has 0 aromatic heterocycles. The van der Waals surface area contributed by atoms with Crippen LogP contribution >= 0.6 is 0 Å². The van der Waals surface area contributed by atoms with Gasteiger partial charge in [-0.05, 0) is 60.9 Å². The maximum atomic E-state index is 13.3. The first-order valence-corrected chi connectivity index (χ1v) is 12.4. The Morgan fingerprint density at radius 3 is 2.26 bits per heavy atom. The smallest absolute Gasteiger partial charge is 0.261 e. The van der Waals surface area contributed by atoms with Gasteiger partial charge in [-0.1, -0.05) is 39.0 Å². The summed E-state index contributed by atoms with van der Waals surface area (Å²) >= 11 is 0. The minimum absolute atomic E-state index is 0.0509. The summed E-state index contributed by atoms with van der Waals surface area (Å²) in [7, 11) is -2.39. The number of carbonyl (C=O) groups excluding carboxylic acids is 1. The second-order valence-electron chi connectivity index (χ2n) is 8.10. The molecule has 31 heavy (non-hydrogen) atoms. The van der Waals surface area contributed by atoms with Gasteiger partial charge in [-0.25, -0.2) is 8.42 Å². The molecule has 0 saturated carbocycles. The van der Waals surface area contributed by atoms with Crippen molar-refractivity contribution in [1.29, 1.82) is 0 Å². The van der Waals surface area contributed by atoms with Crippen molar-refractivity contribution >= 4 is 21.6 Å². The molecule has 2 aromatic carbocycles. The number of carbonyl (C=O) groups is 1. The third-order valence-electron chi connectivity index (χ3n) is 6.02. The van der Waals surface area contributed by atoms with Crippen LogP contribution in [-0.2, 0) is 22.9 Å². The highest BCUT2D eigenvalue weighted by molar-refractivity contribution is 7.92. The number of methoxy groups -OCH3 is 1. The second kappa shape index (κ2) is 9.73. The van der Waals surface area contributed by atoms with E-state index >= 15 is 0 Å². The van der Waals surface area contributed by atoms with Gasteiger partial charge in [-0.3, -0.25) is 9.52 Å². The predicted octanol–water partition coefficient (Wildman–Crippen LogP) is 4.49. The van der Waals surface area contributed by atoms with Crippen molar-refractivity contribution in [3.63, 3.8) is 0 Å². The number of ether oxygens (including phenoxy) is 1. The lowest BCUT2D eigenvalue weighted by molar-refractivity contribution is 0.0693. The van der Waals surface area contributed by atoms with Crippen LogP contribution in [0.25, 0.3) is 0 Å². The van der Waals surface area contributed by atoms with E-state index in [1.165, 1.54) is 19.2 Å². The van der Waals surface area contributed by atoms with Crippen molar-refractivity contribution in [1.82, 2.24) is 4.90 Å². The molecule has 7 heteroatoms. The Morgan fingerprint density at radius 2 is 1.71 bits per heavy atom. The lowest BCUT2D eigenvalue weighted by atomic mass is 9.98. The van der Waals surface area contributed by atoms with Crippen molar-refractivity contribution in [3.05, 3.63) is 53.1 Å². The molecule has 0 atom stereocenters. The van der Waals surface area contributed by atoms with E-state index in [4.69, 9.17) is 4.74 Å². The van der Waals surface area contributed by atoms with E-state index < -0.39 is 10.0 Å². The first-order valence-electron chi connectivity index (χ1n) is 10.9. The summed E-state index contributed by atoms with van der Waals surface area (Å²) in [4.78, 5) is 15.0. The number of benzene rings is 2. The van der Waals surface area contributed by atoms with E-state index in [-0.39, 0.29) is 16.4 Å². The number of hydrogen-bond acceptors (Lipinski definition) is 4. The number of rotatable bonds is 7. The Hall–Kier alpha value is -2.54. The largest absolute Gasteiger partial charge is 0.496 e. The average molecular weight is 445 g/mol. The fraction of sp³-hybridized carbons (Fsp3) is 0.458. The molecule has 1 aliphatic rings. The summed E-state index contributed by atoms with van der Waals surface area (Å²) in [5.41, 5.74) is 2.78. The number of amides is 1. The van der Waals surface area contributed by atoms with Crippen LogP contribution in [0.1, 0.15) is 55.1 Å². The first kappa shape index (κ1) is 23.1. The third kappa shape index (κ3) is 5.03. The van der Waals surface area contributed by atoms with E-state index in [1.54, 1.807) is 11.0 Å². The lowest BCUT2D eigenvalue weighted by Gasteiger charge is -2.30. The summed E-state index contributed by atoms with van der Waals surface area (Å²) in [6.07, 6.45) is 3.32. The molecule has 6 nitrogen and oxygen atoms in total. The SMILES string of the molecule is CCc1cccc(CC)c1NS(=O)(=O)c1ccc(OC)c(C(=O)N2CCC(C)CC2)c1. The second-order valence-corrected chi connectivity index (χ2v) is 9.78. The Balaban J connectivity index is 1.96. The molecule has 1 amide bonds. The average Bonchev–Trinajstić information content (AvgIpc) is 2.78. The number of piperidine rings is 1. The van der Waals surface area contributed by atoms with Crippen LogP contribution in [0.4, 0.5) is 5.69 Å². The summed E-state index contributed by atoms with van der Waals surface area (Å²) in [6.45, 7) is 7.51. The van der Waals surface area contributed by atoms with E-state index in [0.29, 0.717) is 43.3 Å².